The van der Waals surface area contributed by atoms with Crippen LogP contribution in [0.2, 0.25) is 0 Å². The van der Waals surface area contributed by atoms with Gasteiger partial charge in [-0.1, -0.05) is 30.9 Å². The summed E-state index contributed by atoms with van der Waals surface area (Å²) in [6.07, 6.45) is 10.6. The van der Waals surface area contributed by atoms with Crippen LogP contribution in [-0.2, 0) is 44.5 Å². The molecule has 3 heterocycles. The Labute approximate surface area is 181 Å². The maximum atomic E-state index is 8.53. The Balaban J connectivity index is 0. The van der Waals surface area contributed by atoms with Crippen LogP contribution in [0.4, 0.5) is 0 Å². The van der Waals surface area contributed by atoms with Gasteiger partial charge in [0.25, 0.3) is 0 Å². The van der Waals surface area contributed by atoms with Gasteiger partial charge in [-0.3, -0.25) is 0 Å². The minimum absolute atomic E-state index is 0. The molecule has 0 saturated carbocycles. The summed E-state index contributed by atoms with van der Waals surface area (Å²) in [5.74, 6) is 0. The summed E-state index contributed by atoms with van der Waals surface area (Å²) in [5.41, 5.74) is 1.09. The Morgan fingerprint density at radius 2 is 0.893 bits per heavy atom. The van der Waals surface area contributed by atoms with E-state index in [1.807, 2.05) is 24.3 Å². The third-order valence-electron chi connectivity index (χ3n) is 2.81. The summed E-state index contributed by atoms with van der Waals surface area (Å²) in [4.78, 5) is 25.6. The smallest absolute Gasteiger partial charge is 0.329 e. The van der Waals surface area contributed by atoms with Crippen molar-refractivity contribution in [2.24, 2.45) is 0 Å². The van der Waals surface area contributed by atoms with E-state index in [2.05, 4.69) is 33.7 Å². The van der Waals surface area contributed by atoms with Crippen LogP contribution in [0.5, 0.6) is 0 Å². The van der Waals surface area contributed by atoms with Crippen LogP contribution in [0, 0.1) is 0 Å². The molecular weight excluding hydrogens is 469 g/mol. The molecule has 13 heteroatoms. The van der Waals surface area contributed by atoms with E-state index in [1.54, 1.807) is 0 Å². The molecule has 0 radical (unpaired) electrons. The SMILES string of the molecule is C=C1C=CC=C1.OP1OCCCO1.OP1OCCCO1.OP1OCCCO1.[Cr].[H-]. The second-order valence-electron chi connectivity index (χ2n) is 5.07. The molecule has 0 spiro atoms. The molecule has 164 valence electrons. The van der Waals surface area contributed by atoms with Crippen molar-refractivity contribution in [1.29, 1.82) is 0 Å². The molecule has 0 aromatic carbocycles. The Hall–Kier alpha value is 0.682. The topological polar surface area (TPSA) is 116 Å². The zero-order valence-electron chi connectivity index (χ0n) is 16.4. The molecule has 0 amide bonds. The molecule has 0 atom stereocenters. The molecule has 0 bridgehead atoms. The fraction of sp³-hybridized carbons (Fsp3) is 0.600. The van der Waals surface area contributed by atoms with Crippen molar-refractivity contribution < 1.29 is 60.6 Å². The second-order valence-corrected chi connectivity index (χ2v) is 8.04. The van der Waals surface area contributed by atoms with E-state index in [1.165, 1.54) is 0 Å². The number of hydrogen-bond donors (Lipinski definition) is 3. The van der Waals surface area contributed by atoms with Crippen LogP contribution >= 0.6 is 25.8 Å². The Morgan fingerprint density at radius 3 is 1.00 bits per heavy atom. The number of allylic oxidation sites excluding steroid dienone is 5. The third kappa shape index (κ3) is 17.5. The van der Waals surface area contributed by atoms with Crippen LogP contribution in [0.25, 0.3) is 0 Å². The van der Waals surface area contributed by atoms with Crippen LogP contribution in [0.1, 0.15) is 20.7 Å². The van der Waals surface area contributed by atoms with Gasteiger partial charge < -0.3 is 43.2 Å². The molecule has 3 saturated heterocycles. The first-order valence-electron chi connectivity index (χ1n) is 8.36. The molecule has 4 aliphatic rings. The van der Waals surface area contributed by atoms with Crippen molar-refractivity contribution in [3.8, 4) is 0 Å². The average Bonchev–Trinajstić information content (AvgIpc) is 3.16. The van der Waals surface area contributed by atoms with Crippen LogP contribution in [-0.4, -0.2) is 54.3 Å². The van der Waals surface area contributed by atoms with Gasteiger partial charge in [0, 0.05) is 17.4 Å². The first-order valence-corrected chi connectivity index (χ1v) is 11.7. The normalized spacial score (nSPS) is 22.6. The summed E-state index contributed by atoms with van der Waals surface area (Å²) in [6, 6.07) is 0. The van der Waals surface area contributed by atoms with E-state index in [0.717, 1.165) is 24.8 Å². The summed E-state index contributed by atoms with van der Waals surface area (Å²) in [7, 11) is -4.47. The zero-order chi connectivity index (χ0) is 19.7. The molecule has 0 aromatic heterocycles. The monoisotopic (exact) mass is 497 g/mol. The van der Waals surface area contributed by atoms with Crippen molar-refractivity contribution in [3.05, 3.63) is 36.5 Å². The number of rotatable bonds is 0. The molecular formula is C15H28CrO9P3-. The summed E-state index contributed by atoms with van der Waals surface area (Å²) in [5, 5.41) is 0. The molecule has 1 aliphatic carbocycles. The van der Waals surface area contributed by atoms with Crippen molar-refractivity contribution in [2.45, 2.75) is 19.3 Å². The second kappa shape index (κ2) is 19.6. The first-order chi connectivity index (χ1) is 13.1. The summed E-state index contributed by atoms with van der Waals surface area (Å²) in [6.45, 7) is 7.53. The molecule has 0 unspecified atom stereocenters. The molecule has 3 aliphatic heterocycles. The van der Waals surface area contributed by atoms with Crippen molar-refractivity contribution in [1.82, 2.24) is 0 Å². The molecule has 4 rings (SSSR count). The zero-order valence-corrected chi connectivity index (χ0v) is 19.4. The Kier molecular flexibility index (Phi) is 20.1. The Bertz CT molecular complexity index is 393. The van der Waals surface area contributed by atoms with Gasteiger partial charge in [0.1, 0.15) is 0 Å². The molecule has 28 heavy (non-hydrogen) atoms. The van der Waals surface area contributed by atoms with Crippen LogP contribution in [0.3, 0.4) is 0 Å². The molecule has 3 fully saturated rings. The van der Waals surface area contributed by atoms with Gasteiger partial charge in [-0.2, -0.15) is 0 Å². The molecule has 9 nitrogen and oxygen atoms in total. The van der Waals surface area contributed by atoms with E-state index in [9.17, 15) is 0 Å². The van der Waals surface area contributed by atoms with Crippen molar-refractivity contribution in [2.75, 3.05) is 39.6 Å². The van der Waals surface area contributed by atoms with Crippen molar-refractivity contribution in [3.63, 3.8) is 0 Å². The van der Waals surface area contributed by atoms with Gasteiger partial charge in [0.05, 0.1) is 39.6 Å². The quantitative estimate of drug-likeness (QED) is 0.431. The fourth-order valence-corrected chi connectivity index (χ4v) is 3.49. The van der Waals surface area contributed by atoms with Gasteiger partial charge in [0.2, 0.25) is 0 Å². The largest absolute Gasteiger partial charge is 1.00 e. The van der Waals surface area contributed by atoms with E-state index in [-0.39, 0.29) is 18.8 Å². The van der Waals surface area contributed by atoms with Gasteiger partial charge in [-0.05, 0) is 24.8 Å². The average molecular weight is 497 g/mol. The minimum Gasteiger partial charge on any atom is -1.00 e. The summed E-state index contributed by atoms with van der Waals surface area (Å²) >= 11 is 0. The van der Waals surface area contributed by atoms with Crippen LogP contribution in [0.15, 0.2) is 36.5 Å². The van der Waals surface area contributed by atoms with Crippen molar-refractivity contribution >= 4 is 25.8 Å². The Morgan fingerprint density at radius 1 is 0.643 bits per heavy atom. The van der Waals surface area contributed by atoms with E-state index in [4.69, 9.17) is 14.7 Å². The minimum atomic E-state index is -1.49. The standard InChI is InChI=1S/C6H6.3C3H7O3P.Cr.H/c1-6-4-2-3-5-6;3*4-7-5-2-1-3-6-7;;/h2-5H,1H2;3*4H,1-3H2;;/q;;;;;-1. The van der Waals surface area contributed by atoms with Gasteiger partial charge >= 0.3 is 25.8 Å². The predicted molar refractivity (Wildman–Crippen MR) is 106 cm³/mol. The number of hydrogen-bond acceptors (Lipinski definition) is 9. The van der Waals surface area contributed by atoms with Gasteiger partial charge in [-0.15, -0.1) is 0 Å². The predicted octanol–water partition coefficient (Wildman–Crippen LogP) is 3.71. The molecule has 3 N–H and O–H groups in total. The maximum Gasteiger partial charge on any atom is 0.329 e. The maximum absolute atomic E-state index is 8.53. The van der Waals surface area contributed by atoms with Gasteiger partial charge in [-0.25, -0.2) is 0 Å². The van der Waals surface area contributed by atoms with E-state index < -0.39 is 25.8 Å². The van der Waals surface area contributed by atoms with E-state index >= 15 is 0 Å². The molecule has 0 aromatic rings. The fourth-order valence-electron chi connectivity index (χ4n) is 1.56. The van der Waals surface area contributed by atoms with Crippen LogP contribution < -0.4 is 0 Å². The van der Waals surface area contributed by atoms with Gasteiger partial charge in [0.15, 0.2) is 0 Å². The summed E-state index contributed by atoms with van der Waals surface area (Å²) < 4.78 is 28.1. The first kappa shape index (κ1) is 28.7. The van der Waals surface area contributed by atoms with E-state index in [0.29, 0.717) is 39.6 Å². The third-order valence-corrected chi connectivity index (χ3v) is 5.23.